The molecule has 0 aliphatic rings. The fourth-order valence-corrected chi connectivity index (χ4v) is 0.628. The predicted octanol–water partition coefficient (Wildman–Crippen LogP) is -2.00. The molecule has 0 spiro atoms. The van der Waals surface area contributed by atoms with Crippen LogP contribution in [0.3, 0.4) is 0 Å². The molecule has 0 saturated heterocycles. The Morgan fingerprint density at radius 1 is 1.25 bits per heavy atom. The van der Waals surface area contributed by atoms with E-state index < -0.39 is 23.3 Å². The summed E-state index contributed by atoms with van der Waals surface area (Å²) in [4.78, 5) is 20.2. The maximum Gasteiger partial charge on any atom is 2.00 e. The van der Waals surface area contributed by atoms with Crippen LogP contribution < -0.4 is 10.2 Å². The van der Waals surface area contributed by atoms with Crippen molar-refractivity contribution in [3.8, 4) is 0 Å². The van der Waals surface area contributed by atoms with Crippen LogP contribution in [-0.4, -0.2) is 11.9 Å². The Balaban J connectivity index is 0.00000121. The Kier molecular flexibility index (Phi) is 3.63. The number of hydrogen-bond acceptors (Lipinski definition) is 5. The molecule has 0 aliphatic heterocycles. The van der Waals surface area contributed by atoms with Gasteiger partial charge < -0.3 is 24.2 Å². The molecular weight excluding hydrogens is 217 g/mol. The van der Waals surface area contributed by atoms with E-state index in [1.807, 2.05) is 0 Å². The molecule has 0 fully saturated rings. The Morgan fingerprint density at radius 3 is 2.17 bits per heavy atom. The van der Waals surface area contributed by atoms with Gasteiger partial charge in [0.2, 0.25) is 0 Å². The molecule has 0 aliphatic carbocycles. The minimum atomic E-state index is -1.67. The number of carboxylic acids is 2. The molecule has 0 unspecified atom stereocenters. The van der Waals surface area contributed by atoms with Gasteiger partial charge in [-0.25, -0.2) is 0 Å². The number of furan rings is 1. The zero-order valence-corrected chi connectivity index (χ0v) is 8.87. The first kappa shape index (κ1) is 10.8. The number of carboxylic acid groups (broad SMARTS) is 2. The van der Waals surface area contributed by atoms with Gasteiger partial charge in [-0.2, -0.15) is 0 Å². The Labute approximate surface area is 79.8 Å². The molecule has 0 saturated carbocycles. The summed E-state index contributed by atoms with van der Waals surface area (Å²) in [5.74, 6) is -3.99. The van der Waals surface area contributed by atoms with Gasteiger partial charge in [-0.15, -0.1) is 0 Å². The van der Waals surface area contributed by atoms with Gasteiger partial charge in [0.15, 0.2) is 5.76 Å². The Hall–Kier alpha value is -1.16. The second-order valence-corrected chi connectivity index (χ2v) is 1.74. The maximum atomic E-state index is 10.1. The first-order valence-corrected chi connectivity index (χ1v) is 2.63. The van der Waals surface area contributed by atoms with Crippen LogP contribution in [0.4, 0.5) is 0 Å². The normalized spacial score (nSPS) is 8.67. The summed E-state index contributed by atoms with van der Waals surface area (Å²) in [6, 6.07) is 0.987. The minimum absolute atomic E-state index is 0. The molecule has 0 aromatic carbocycles. The number of carbonyl (C=O) groups excluding carboxylic acids is 2. The molecule has 1 aromatic rings. The summed E-state index contributed by atoms with van der Waals surface area (Å²) in [6.07, 6.45) is 0.941. The van der Waals surface area contributed by atoms with Crippen LogP contribution in [0.2, 0.25) is 0 Å². The van der Waals surface area contributed by atoms with Crippen LogP contribution in [-0.2, 0) is 19.5 Å². The zero-order valence-electron chi connectivity index (χ0n) is 5.90. The molecule has 0 radical (unpaired) electrons. The molecule has 1 heterocycles. The first-order valence-electron chi connectivity index (χ1n) is 2.63. The SMILES string of the molecule is O=C([O-])c1ccoc1C(=O)[O-].[Zn+2]. The summed E-state index contributed by atoms with van der Waals surface area (Å²) in [5, 5.41) is 20.2. The molecule has 1 rings (SSSR count). The zero-order chi connectivity index (χ0) is 8.43. The van der Waals surface area contributed by atoms with Crippen LogP contribution in [0, 0.1) is 0 Å². The molecule has 1 aromatic heterocycles. The van der Waals surface area contributed by atoms with Gasteiger partial charge in [0, 0.05) is 5.56 Å². The third kappa shape index (κ3) is 1.92. The summed E-state index contributed by atoms with van der Waals surface area (Å²) in [6.45, 7) is 0. The molecular formula is C6H2O5Zn. The van der Waals surface area contributed by atoms with E-state index in [-0.39, 0.29) is 19.5 Å². The van der Waals surface area contributed by atoms with E-state index in [1.165, 1.54) is 0 Å². The van der Waals surface area contributed by atoms with Crippen molar-refractivity contribution < 1.29 is 43.7 Å². The van der Waals surface area contributed by atoms with Gasteiger partial charge in [0.1, 0.15) is 5.97 Å². The standard InChI is InChI=1S/C6H4O5.Zn/c7-5(8)3-1-2-11-4(3)6(9)10;/h1-2H,(H,7,8)(H,9,10);/q;+2/p-2. The van der Waals surface area contributed by atoms with Crippen molar-refractivity contribution in [3.05, 3.63) is 23.7 Å². The van der Waals surface area contributed by atoms with E-state index in [2.05, 4.69) is 4.42 Å². The van der Waals surface area contributed by atoms with E-state index >= 15 is 0 Å². The van der Waals surface area contributed by atoms with Crippen LogP contribution in [0.5, 0.6) is 0 Å². The van der Waals surface area contributed by atoms with Gasteiger partial charge in [0.25, 0.3) is 0 Å². The van der Waals surface area contributed by atoms with Crippen LogP contribution >= 0.6 is 0 Å². The molecule has 0 atom stereocenters. The van der Waals surface area contributed by atoms with Crippen molar-refractivity contribution in [2.75, 3.05) is 0 Å². The minimum Gasteiger partial charge on any atom is -0.545 e. The third-order valence-corrected chi connectivity index (χ3v) is 1.07. The molecule has 0 N–H and O–H groups in total. The van der Waals surface area contributed by atoms with Crippen molar-refractivity contribution in [3.63, 3.8) is 0 Å². The summed E-state index contributed by atoms with van der Waals surface area (Å²) in [7, 11) is 0. The van der Waals surface area contributed by atoms with E-state index in [1.54, 1.807) is 0 Å². The van der Waals surface area contributed by atoms with Crippen LogP contribution in [0.25, 0.3) is 0 Å². The van der Waals surface area contributed by atoms with Gasteiger partial charge in [0.05, 0.1) is 12.2 Å². The predicted molar refractivity (Wildman–Crippen MR) is 27.4 cm³/mol. The van der Waals surface area contributed by atoms with Crippen molar-refractivity contribution in [2.45, 2.75) is 0 Å². The molecule has 12 heavy (non-hydrogen) atoms. The van der Waals surface area contributed by atoms with Gasteiger partial charge in [-0.1, -0.05) is 0 Å². The maximum absolute atomic E-state index is 10.1. The van der Waals surface area contributed by atoms with Gasteiger partial charge >= 0.3 is 19.5 Å². The molecule has 0 bridgehead atoms. The fourth-order valence-electron chi connectivity index (χ4n) is 0.628. The van der Waals surface area contributed by atoms with Crippen LogP contribution in [0.1, 0.15) is 20.9 Å². The fraction of sp³-hybridized carbons (Fsp3) is 0. The molecule has 0 amide bonds. The number of aromatic carboxylic acids is 2. The third-order valence-electron chi connectivity index (χ3n) is 1.07. The van der Waals surface area contributed by atoms with Gasteiger partial charge in [-0.05, 0) is 6.07 Å². The quantitative estimate of drug-likeness (QED) is 0.537. The first-order chi connectivity index (χ1) is 5.13. The van der Waals surface area contributed by atoms with Gasteiger partial charge in [-0.3, -0.25) is 0 Å². The molecule has 6 heteroatoms. The van der Waals surface area contributed by atoms with Crippen molar-refractivity contribution in [1.82, 2.24) is 0 Å². The van der Waals surface area contributed by atoms with E-state index in [0.717, 1.165) is 12.3 Å². The number of carbonyl (C=O) groups is 2. The molecule has 5 nitrogen and oxygen atoms in total. The van der Waals surface area contributed by atoms with E-state index in [9.17, 15) is 19.8 Å². The topological polar surface area (TPSA) is 93.4 Å². The van der Waals surface area contributed by atoms with Crippen molar-refractivity contribution >= 4 is 11.9 Å². The second-order valence-electron chi connectivity index (χ2n) is 1.74. The molecule has 58 valence electrons. The summed E-state index contributed by atoms with van der Waals surface area (Å²) >= 11 is 0. The van der Waals surface area contributed by atoms with Crippen molar-refractivity contribution in [2.24, 2.45) is 0 Å². The van der Waals surface area contributed by atoms with E-state index in [4.69, 9.17) is 0 Å². The van der Waals surface area contributed by atoms with Crippen LogP contribution in [0.15, 0.2) is 16.7 Å². The number of hydrogen-bond donors (Lipinski definition) is 0. The Bertz CT molecular complexity index is 274. The Morgan fingerprint density at radius 2 is 1.83 bits per heavy atom. The van der Waals surface area contributed by atoms with Crippen molar-refractivity contribution in [1.29, 1.82) is 0 Å². The largest absolute Gasteiger partial charge is 2.00 e. The smallest absolute Gasteiger partial charge is 0.545 e. The monoisotopic (exact) mass is 218 g/mol. The average Bonchev–Trinajstić information content (AvgIpc) is 2.32. The second kappa shape index (κ2) is 4.02. The summed E-state index contributed by atoms with van der Waals surface area (Å²) in [5.41, 5.74) is -0.509. The van der Waals surface area contributed by atoms with E-state index in [0.29, 0.717) is 0 Å². The number of rotatable bonds is 2. The summed E-state index contributed by atoms with van der Waals surface area (Å²) < 4.78 is 4.30. The average molecular weight is 219 g/mol.